The Hall–Kier alpha value is -2.06. The van der Waals surface area contributed by atoms with Crippen molar-refractivity contribution in [3.63, 3.8) is 0 Å². The van der Waals surface area contributed by atoms with Gasteiger partial charge in [-0.05, 0) is 44.2 Å². The first kappa shape index (κ1) is 21.2. The molecule has 0 bridgehead atoms. The predicted molar refractivity (Wildman–Crippen MR) is 111 cm³/mol. The van der Waals surface area contributed by atoms with Crippen LogP contribution in [0, 0.1) is 6.92 Å². The molecule has 146 valence electrons. The molecule has 2 aromatic rings. The number of anilines is 1. The molecule has 1 unspecified atom stereocenters. The maximum atomic E-state index is 12.3. The Bertz CT molecular complexity index is 885. The minimum Gasteiger partial charge on any atom is -0.491 e. The monoisotopic (exact) mass is 454 g/mol. The summed E-state index contributed by atoms with van der Waals surface area (Å²) in [7, 11) is -3.60. The van der Waals surface area contributed by atoms with E-state index in [2.05, 4.69) is 21.2 Å². The third-order valence-electron chi connectivity index (χ3n) is 3.71. The van der Waals surface area contributed by atoms with Gasteiger partial charge in [-0.15, -0.1) is 0 Å². The van der Waals surface area contributed by atoms with Gasteiger partial charge in [0.25, 0.3) is 0 Å². The van der Waals surface area contributed by atoms with Gasteiger partial charge in [0.05, 0.1) is 18.0 Å². The number of carbonyl (C=O) groups excluding carboxylic acids is 1. The summed E-state index contributed by atoms with van der Waals surface area (Å²) in [5, 5.41) is 2.77. The number of benzene rings is 2. The molecule has 0 aliphatic heterocycles. The number of ether oxygens (including phenoxy) is 1. The van der Waals surface area contributed by atoms with Crippen LogP contribution in [0.15, 0.2) is 53.0 Å². The van der Waals surface area contributed by atoms with Gasteiger partial charge in [-0.3, -0.25) is 9.10 Å². The van der Waals surface area contributed by atoms with Crippen molar-refractivity contribution >= 4 is 37.5 Å². The summed E-state index contributed by atoms with van der Waals surface area (Å²) < 4.78 is 31.7. The van der Waals surface area contributed by atoms with Crippen molar-refractivity contribution in [2.24, 2.45) is 0 Å². The van der Waals surface area contributed by atoms with Gasteiger partial charge in [0.2, 0.25) is 15.9 Å². The lowest BCUT2D eigenvalue weighted by atomic mass is 10.2. The van der Waals surface area contributed by atoms with E-state index in [0.717, 1.165) is 20.6 Å². The number of amides is 1. The smallest absolute Gasteiger partial charge is 0.241 e. The van der Waals surface area contributed by atoms with Gasteiger partial charge in [-0.2, -0.15) is 0 Å². The van der Waals surface area contributed by atoms with Gasteiger partial charge in [0.1, 0.15) is 18.9 Å². The molecule has 0 aromatic heterocycles. The lowest BCUT2D eigenvalue weighted by Gasteiger charge is -2.23. The molecule has 0 saturated heterocycles. The summed E-state index contributed by atoms with van der Waals surface area (Å²) in [5.41, 5.74) is 1.56. The number of hydrogen-bond donors (Lipinski definition) is 1. The van der Waals surface area contributed by atoms with Crippen molar-refractivity contribution < 1.29 is 17.9 Å². The van der Waals surface area contributed by atoms with E-state index in [0.29, 0.717) is 11.4 Å². The zero-order valence-electron chi connectivity index (χ0n) is 15.5. The molecule has 0 aliphatic carbocycles. The lowest BCUT2D eigenvalue weighted by molar-refractivity contribution is -0.120. The zero-order valence-corrected chi connectivity index (χ0v) is 17.9. The molecule has 1 atom stereocenters. The fraction of sp³-hybridized carbons (Fsp3) is 0.316. The van der Waals surface area contributed by atoms with E-state index >= 15 is 0 Å². The van der Waals surface area contributed by atoms with Crippen molar-refractivity contribution in [3.8, 4) is 5.75 Å². The Morgan fingerprint density at radius 2 is 1.89 bits per heavy atom. The quantitative estimate of drug-likeness (QED) is 0.664. The Kier molecular flexibility index (Phi) is 7.26. The molecule has 2 rings (SSSR count). The highest BCUT2D eigenvalue weighted by Gasteiger charge is 2.21. The van der Waals surface area contributed by atoms with Crippen molar-refractivity contribution in [3.05, 3.63) is 58.6 Å². The third kappa shape index (κ3) is 6.88. The number of nitrogens with one attached hydrogen (secondary N) is 1. The summed E-state index contributed by atoms with van der Waals surface area (Å²) in [4.78, 5) is 12.3. The number of nitrogens with zero attached hydrogens (tertiary/aromatic N) is 1. The fourth-order valence-electron chi connectivity index (χ4n) is 2.38. The number of carbonyl (C=O) groups is 1. The SMILES string of the molecule is Cc1ccc(OCC(C)NC(=O)CN(c2cccc(Br)c2)S(C)(=O)=O)cc1. The van der Waals surface area contributed by atoms with E-state index in [1.165, 1.54) is 0 Å². The van der Waals surface area contributed by atoms with Gasteiger partial charge in [0, 0.05) is 4.47 Å². The van der Waals surface area contributed by atoms with E-state index in [1.807, 2.05) is 31.2 Å². The molecule has 27 heavy (non-hydrogen) atoms. The third-order valence-corrected chi connectivity index (χ3v) is 5.35. The molecule has 0 saturated carbocycles. The molecule has 2 aromatic carbocycles. The number of aryl methyl sites for hydroxylation is 1. The van der Waals surface area contributed by atoms with Gasteiger partial charge in [-0.25, -0.2) is 8.42 Å². The summed E-state index contributed by atoms with van der Waals surface area (Å²) >= 11 is 3.31. The average Bonchev–Trinajstić information content (AvgIpc) is 2.58. The van der Waals surface area contributed by atoms with Crippen LogP contribution in [0.2, 0.25) is 0 Å². The summed E-state index contributed by atoms with van der Waals surface area (Å²) in [5.74, 6) is 0.314. The second-order valence-corrected chi connectivity index (χ2v) is 9.16. The molecule has 8 heteroatoms. The predicted octanol–water partition coefficient (Wildman–Crippen LogP) is 3.11. The molecule has 1 N–H and O–H groups in total. The first-order chi connectivity index (χ1) is 12.6. The molecule has 0 spiro atoms. The van der Waals surface area contributed by atoms with Crippen molar-refractivity contribution in [2.45, 2.75) is 19.9 Å². The van der Waals surface area contributed by atoms with Crippen LogP contribution in [-0.2, 0) is 14.8 Å². The zero-order chi connectivity index (χ0) is 20.0. The van der Waals surface area contributed by atoms with Crippen molar-refractivity contribution in [1.29, 1.82) is 0 Å². The van der Waals surface area contributed by atoms with Crippen LogP contribution in [0.5, 0.6) is 5.75 Å². The summed E-state index contributed by atoms with van der Waals surface area (Å²) in [6.45, 7) is 3.77. The van der Waals surface area contributed by atoms with E-state index in [9.17, 15) is 13.2 Å². The second-order valence-electron chi connectivity index (χ2n) is 6.34. The number of sulfonamides is 1. The van der Waals surface area contributed by atoms with Gasteiger partial charge < -0.3 is 10.1 Å². The van der Waals surface area contributed by atoms with Gasteiger partial charge >= 0.3 is 0 Å². The summed E-state index contributed by atoms with van der Waals surface area (Å²) in [6, 6.07) is 14.1. The Balaban J connectivity index is 1.95. The average molecular weight is 455 g/mol. The highest BCUT2D eigenvalue weighted by atomic mass is 79.9. The molecule has 1 amide bonds. The first-order valence-electron chi connectivity index (χ1n) is 8.37. The van der Waals surface area contributed by atoms with E-state index in [1.54, 1.807) is 31.2 Å². The van der Waals surface area contributed by atoms with Gasteiger partial charge in [-0.1, -0.05) is 39.7 Å². The van der Waals surface area contributed by atoms with E-state index < -0.39 is 15.9 Å². The second kappa shape index (κ2) is 9.23. The Morgan fingerprint density at radius 3 is 2.48 bits per heavy atom. The minimum absolute atomic E-state index is 0.275. The maximum Gasteiger partial charge on any atom is 0.241 e. The van der Waals surface area contributed by atoms with Crippen LogP contribution in [0.1, 0.15) is 12.5 Å². The normalized spacial score (nSPS) is 12.3. The van der Waals surface area contributed by atoms with Crippen LogP contribution in [0.3, 0.4) is 0 Å². The number of halogens is 1. The Labute approximate surface area is 168 Å². The first-order valence-corrected chi connectivity index (χ1v) is 11.0. The standard InChI is InChI=1S/C19H23BrN2O4S/c1-14-7-9-18(10-8-14)26-13-15(2)21-19(23)12-22(27(3,24)25)17-6-4-5-16(20)11-17/h4-11,15H,12-13H2,1-3H3,(H,21,23). The van der Waals surface area contributed by atoms with Crippen LogP contribution >= 0.6 is 15.9 Å². The van der Waals surface area contributed by atoms with Crippen molar-refractivity contribution in [1.82, 2.24) is 5.32 Å². The highest BCUT2D eigenvalue weighted by Crippen LogP contribution is 2.21. The number of hydrogen-bond acceptors (Lipinski definition) is 4. The van der Waals surface area contributed by atoms with Crippen LogP contribution in [0.4, 0.5) is 5.69 Å². The maximum absolute atomic E-state index is 12.3. The minimum atomic E-state index is -3.60. The van der Waals surface area contributed by atoms with Crippen LogP contribution in [0.25, 0.3) is 0 Å². The highest BCUT2D eigenvalue weighted by molar-refractivity contribution is 9.10. The van der Waals surface area contributed by atoms with E-state index in [4.69, 9.17) is 4.74 Å². The molecular formula is C19H23BrN2O4S. The Morgan fingerprint density at radius 1 is 1.22 bits per heavy atom. The summed E-state index contributed by atoms with van der Waals surface area (Å²) in [6.07, 6.45) is 1.07. The largest absolute Gasteiger partial charge is 0.491 e. The van der Waals surface area contributed by atoms with Crippen LogP contribution in [-0.4, -0.2) is 39.8 Å². The molecular weight excluding hydrogens is 432 g/mol. The fourth-order valence-corrected chi connectivity index (χ4v) is 3.61. The molecule has 0 heterocycles. The lowest BCUT2D eigenvalue weighted by Crippen LogP contribution is -2.44. The van der Waals surface area contributed by atoms with E-state index in [-0.39, 0.29) is 19.2 Å². The molecule has 6 nitrogen and oxygen atoms in total. The van der Waals surface area contributed by atoms with Gasteiger partial charge in [0.15, 0.2) is 0 Å². The number of rotatable bonds is 8. The van der Waals surface area contributed by atoms with Crippen molar-refractivity contribution in [2.75, 3.05) is 23.7 Å². The molecule has 0 fully saturated rings. The molecule has 0 aliphatic rings. The van der Waals surface area contributed by atoms with Crippen LogP contribution < -0.4 is 14.4 Å². The molecule has 0 radical (unpaired) electrons. The topological polar surface area (TPSA) is 75.7 Å².